The van der Waals surface area contributed by atoms with Crippen molar-refractivity contribution in [2.24, 2.45) is 4.99 Å². The van der Waals surface area contributed by atoms with Gasteiger partial charge in [0.15, 0.2) is 5.82 Å². The maximum Gasteiger partial charge on any atom is 0.437 e. The zero-order valence-electron chi connectivity index (χ0n) is 18.9. The van der Waals surface area contributed by atoms with E-state index in [-0.39, 0.29) is 24.6 Å². The Morgan fingerprint density at radius 2 is 1.63 bits per heavy atom. The van der Waals surface area contributed by atoms with E-state index in [2.05, 4.69) is 21.4 Å². The number of anilines is 2. The fourth-order valence-electron chi connectivity index (χ4n) is 3.34. The lowest BCUT2D eigenvalue weighted by molar-refractivity contribution is 0.142. The number of rotatable bonds is 6. The summed E-state index contributed by atoms with van der Waals surface area (Å²) in [4.78, 5) is 34.7. The molecular weight excluding hydrogens is 450 g/mol. The van der Waals surface area contributed by atoms with E-state index < -0.39 is 12.2 Å². The van der Waals surface area contributed by atoms with Crippen molar-refractivity contribution in [2.75, 3.05) is 23.3 Å². The molecule has 0 aliphatic carbocycles. The molecule has 0 spiro atoms. The monoisotopic (exact) mass is 475 g/mol. The summed E-state index contributed by atoms with van der Waals surface area (Å²) in [5.41, 5.74) is 1.26. The van der Waals surface area contributed by atoms with E-state index in [0.29, 0.717) is 23.6 Å². The first kappa shape index (κ1) is 23.6. The lowest BCUT2D eigenvalue weighted by Gasteiger charge is -2.25. The van der Waals surface area contributed by atoms with E-state index in [9.17, 15) is 14.8 Å². The van der Waals surface area contributed by atoms with E-state index in [1.807, 2.05) is 71.6 Å². The first-order valence-corrected chi connectivity index (χ1v) is 11.0. The molecule has 10 nitrogen and oxygen atoms in total. The van der Waals surface area contributed by atoms with Gasteiger partial charge in [-0.15, -0.1) is 9.72 Å². The van der Waals surface area contributed by atoms with Gasteiger partial charge in [-0.3, -0.25) is 5.32 Å². The van der Waals surface area contributed by atoms with Crippen LogP contribution in [0.2, 0.25) is 0 Å². The Hall–Kier alpha value is -4.60. The SMILES string of the molecule is O=C(/N=c1\nc(N2CC=CCC2)cc(NC(=O)OCc2ccccc2)n1O)OCc1ccccc1. The molecule has 1 aromatic heterocycles. The van der Waals surface area contributed by atoms with Gasteiger partial charge in [0.05, 0.1) is 0 Å². The average Bonchev–Trinajstić information content (AvgIpc) is 2.90. The summed E-state index contributed by atoms with van der Waals surface area (Å²) >= 11 is 0. The van der Waals surface area contributed by atoms with Crippen molar-refractivity contribution in [3.05, 3.63) is 95.6 Å². The fourth-order valence-corrected chi connectivity index (χ4v) is 3.34. The highest BCUT2D eigenvalue weighted by atomic mass is 16.6. The van der Waals surface area contributed by atoms with E-state index >= 15 is 0 Å². The van der Waals surface area contributed by atoms with E-state index in [1.54, 1.807) is 0 Å². The normalized spacial score (nSPS) is 13.4. The summed E-state index contributed by atoms with van der Waals surface area (Å²) in [7, 11) is 0. The molecule has 4 rings (SSSR count). The third kappa shape index (κ3) is 6.70. The quantitative estimate of drug-likeness (QED) is 0.410. The Morgan fingerprint density at radius 3 is 2.26 bits per heavy atom. The standard InChI is InChI=1S/C25H25N5O5/c31-24(34-17-19-10-4-1-5-11-19)27-22-16-21(29-14-8-3-9-15-29)26-23(30(22)33)28-25(32)35-18-20-12-6-2-7-13-20/h1-8,10-13,16,33H,9,14-15,17-18H2,(H,27,31)/b28-23+. The molecule has 0 saturated carbocycles. The van der Waals surface area contributed by atoms with Crippen molar-refractivity contribution in [3.63, 3.8) is 0 Å². The van der Waals surface area contributed by atoms with Gasteiger partial charge < -0.3 is 19.6 Å². The highest BCUT2D eigenvalue weighted by Crippen LogP contribution is 2.17. The Labute approximate surface area is 201 Å². The highest BCUT2D eigenvalue weighted by Gasteiger charge is 2.16. The van der Waals surface area contributed by atoms with Crippen LogP contribution in [-0.4, -0.2) is 40.2 Å². The fraction of sp³-hybridized carbons (Fsp3) is 0.200. The number of nitrogens with zero attached hydrogens (tertiary/aromatic N) is 4. The lowest BCUT2D eigenvalue weighted by Crippen LogP contribution is -2.34. The molecule has 2 amide bonds. The predicted molar refractivity (Wildman–Crippen MR) is 128 cm³/mol. The van der Waals surface area contributed by atoms with Crippen molar-refractivity contribution in [1.82, 2.24) is 9.71 Å². The zero-order chi connectivity index (χ0) is 24.5. The van der Waals surface area contributed by atoms with Crippen LogP contribution >= 0.6 is 0 Å². The summed E-state index contributed by atoms with van der Waals surface area (Å²) in [6.07, 6.45) is 3.13. The summed E-state index contributed by atoms with van der Waals surface area (Å²) in [5, 5.41) is 13.1. The second kappa shape index (κ2) is 11.5. The molecule has 2 heterocycles. The molecule has 2 aromatic carbocycles. The molecule has 10 heteroatoms. The lowest BCUT2D eigenvalue weighted by atomic mass is 10.2. The minimum atomic E-state index is -0.933. The topological polar surface area (TPSA) is 118 Å². The molecular formula is C25H25N5O5. The predicted octanol–water partition coefficient (Wildman–Crippen LogP) is 3.87. The zero-order valence-corrected chi connectivity index (χ0v) is 18.9. The molecule has 2 N–H and O–H groups in total. The summed E-state index contributed by atoms with van der Waals surface area (Å²) in [6, 6.07) is 19.8. The van der Waals surface area contributed by atoms with Crippen LogP contribution in [0.4, 0.5) is 21.2 Å². The average molecular weight is 476 g/mol. The van der Waals surface area contributed by atoms with Crippen molar-refractivity contribution in [2.45, 2.75) is 19.6 Å². The van der Waals surface area contributed by atoms with Crippen LogP contribution in [0.3, 0.4) is 0 Å². The second-order valence-corrected chi connectivity index (χ2v) is 7.66. The summed E-state index contributed by atoms with van der Waals surface area (Å²) in [5.74, 6) is 0.366. The summed E-state index contributed by atoms with van der Waals surface area (Å²) in [6.45, 7) is 1.32. The molecule has 3 aromatic rings. The van der Waals surface area contributed by atoms with Gasteiger partial charge in [-0.05, 0) is 17.5 Å². The van der Waals surface area contributed by atoms with Crippen molar-refractivity contribution >= 4 is 23.8 Å². The molecule has 35 heavy (non-hydrogen) atoms. The number of carbonyl (C=O) groups is 2. The number of aromatic nitrogens is 2. The van der Waals surface area contributed by atoms with E-state index in [4.69, 9.17) is 9.47 Å². The Morgan fingerprint density at radius 1 is 0.971 bits per heavy atom. The molecule has 0 bridgehead atoms. The number of amides is 2. The third-order valence-corrected chi connectivity index (χ3v) is 5.12. The van der Waals surface area contributed by atoms with Gasteiger partial charge in [-0.25, -0.2) is 9.59 Å². The van der Waals surface area contributed by atoms with E-state index in [1.165, 1.54) is 6.07 Å². The minimum absolute atomic E-state index is 0.0160. The maximum atomic E-state index is 12.4. The van der Waals surface area contributed by atoms with Crippen molar-refractivity contribution < 1.29 is 24.3 Å². The highest BCUT2D eigenvalue weighted by molar-refractivity contribution is 5.84. The van der Waals surface area contributed by atoms with Crippen LogP contribution < -0.4 is 15.8 Å². The van der Waals surface area contributed by atoms with Gasteiger partial charge >= 0.3 is 12.2 Å². The van der Waals surface area contributed by atoms with Crippen LogP contribution in [0.1, 0.15) is 17.5 Å². The molecule has 0 saturated heterocycles. The third-order valence-electron chi connectivity index (χ3n) is 5.12. The number of nitrogens with one attached hydrogen (secondary N) is 1. The van der Waals surface area contributed by atoms with Crippen LogP contribution in [0, 0.1) is 0 Å². The van der Waals surface area contributed by atoms with Gasteiger partial charge in [0.1, 0.15) is 19.0 Å². The second-order valence-electron chi connectivity index (χ2n) is 7.66. The Balaban J connectivity index is 1.54. The van der Waals surface area contributed by atoms with Crippen LogP contribution in [0.5, 0.6) is 0 Å². The first-order valence-electron chi connectivity index (χ1n) is 11.0. The van der Waals surface area contributed by atoms with Crippen LogP contribution in [0.25, 0.3) is 0 Å². The molecule has 0 radical (unpaired) electrons. The number of ether oxygens (including phenoxy) is 2. The minimum Gasteiger partial charge on any atom is -0.444 e. The number of hydrogen-bond donors (Lipinski definition) is 2. The van der Waals surface area contributed by atoms with Crippen LogP contribution in [0.15, 0.2) is 83.9 Å². The molecule has 0 fully saturated rings. The molecule has 1 aliphatic heterocycles. The summed E-state index contributed by atoms with van der Waals surface area (Å²) < 4.78 is 10.9. The number of carbonyl (C=O) groups excluding carboxylic acids is 2. The number of hydrogen-bond acceptors (Lipinski definition) is 7. The van der Waals surface area contributed by atoms with Crippen molar-refractivity contribution in [3.8, 4) is 0 Å². The van der Waals surface area contributed by atoms with Gasteiger partial charge in [-0.2, -0.15) is 4.98 Å². The maximum absolute atomic E-state index is 12.4. The first-order chi connectivity index (χ1) is 17.1. The van der Waals surface area contributed by atoms with Gasteiger partial charge in [-0.1, -0.05) is 72.8 Å². The van der Waals surface area contributed by atoms with Crippen LogP contribution in [-0.2, 0) is 22.7 Å². The molecule has 0 atom stereocenters. The van der Waals surface area contributed by atoms with Crippen molar-refractivity contribution in [1.29, 1.82) is 0 Å². The smallest absolute Gasteiger partial charge is 0.437 e. The van der Waals surface area contributed by atoms with Gasteiger partial charge in [0.25, 0.3) is 5.62 Å². The molecule has 1 aliphatic rings. The van der Waals surface area contributed by atoms with Gasteiger partial charge in [0.2, 0.25) is 0 Å². The van der Waals surface area contributed by atoms with Gasteiger partial charge in [0, 0.05) is 19.2 Å². The molecule has 0 unspecified atom stereocenters. The number of benzene rings is 2. The van der Waals surface area contributed by atoms with E-state index in [0.717, 1.165) is 17.5 Å². The Kier molecular flexibility index (Phi) is 7.74. The Bertz CT molecular complexity index is 1260. The largest absolute Gasteiger partial charge is 0.444 e. The molecule has 180 valence electrons.